The number of quaternary nitrogens is 1. The van der Waals surface area contributed by atoms with Gasteiger partial charge in [0.15, 0.2) is 0 Å². The van der Waals surface area contributed by atoms with Gasteiger partial charge in [0.2, 0.25) is 5.91 Å². The molecule has 3 unspecified atom stereocenters. The number of hydrogen-bond acceptors (Lipinski definition) is 5. The first-order chi connectivity index (χ1) is 29.0. The highest BCUT2D eigenvalue weighted by atomic mass is 31.2. The molecule has 0 heterocycles. The summed E-state index contributed by atoms with van der Waals surface area (Å²) in [5.41, 5.74) is 0. The summed E-state index contributed by atoms with van der Waals surface area (Å²) in [6.45, 7) is 4.82. The Hall–Kier alpha value is -1.02. The number of aliphatic hydroxyl groups is 1. The van der Waals surface area contributed by atoms with Crippen LogP contribution in [0.3, 0.4) is 0 Å². The van der Waals surface area contributed by atoms with Gasteiger partial charge in [-0.1, -0.05) is 218 Å². The standard InChI is InChI=1S/C51H101N2O6P/c1-6-8-10-12-14-16-18-20-21-22-23-24-25-26-27-28-29-30-31-32-33-35-37-39-41-43-45-51(55)52-49(48-59-60(56,57)58-47-46-53(3,4)5)50(54)44-42-40-38-36-34-19-17-15-13-11-9-7-2/h26-27,42,44,49-50,54H,6-25,28-41,43,45-48H2,1-5H3,(H-,52,55,56,57)/p+1/b27-26-,44-42+. The molecular weight excluding hydrogens is 768 g/mol. The van der Waals surface area contributed by atoms with E-state index in [-0.39, 0.29) is 19.1 Å². The highest BCUT2D eigenvalue weighted by Gasteiger charge is 2.27. The van der Waals surface area contributed by atoms with Gasteiger partial charge in [0, 0.05) is 6.42 Å². The van der Waals surface area contributed by atoms with Crippen LogP contribution >= 0.6 is 7.82 Å². The number of allylic oxidation sites excluding steroid dienone is 3. The van der Waals surface area contributed by atoms with Crippen LogP contribution in [-0.4, -0.2) is 73.4 Å². The smallest absolute Gasteiger partial charge is 0.387 e. The van der Waals surface area contributed by atoms with Crippen LogP contribution in [0.25, 0.3) is 0 Å². The Balaban J connectivity index is 4.15. The summed E-state index contributed by atoms with van der Waals surface area (Å²) in [7, 11) is 1.58. The third-order valence-corrected chi connectivity index (χ3v) is 12.6. The first-order valence-electron chi connectivity index (χ1n) is 25.7. The summed E-state index contributed by atoms with van der Waals surface area (Å²) in [6, 6.07) is -0.844. The van der Waals surface area contributed by atoms with Gasteiger partial charge in [-0.25, -0.2) is 4.57 Å². The van der Waals surface area contributed by atoms with E-state index >= 15 is 0 Å². The Kier molecular flexibility index (Phi) is 42.5. The maximum absolute atomic E-state index is 12.9. The summed E-state index contributed by atoms with van der Waals surface area (Å²) in [6.07, 6.45) is 52.7. The lowest BCUT2D eigenvalue weighted by Crippen LogP contribution is -2.45. The van der Waals surface area contributed by atoms with Crippen LogP contribution in [0.1, 0.15) is 245 Å². The molecule has 0 rings (SSSR count). The maximum Gasteiger partial charge on any atom is 0.472 e. The van der Waals surface area contributed by atoms with Crippen molar-refractivity contribution in [3.05, 3.63) is 24.3 Å². The van der Waals surface area contributed by atoms with Gasteiger partial charge in [0.05, 0.1) is 39.9 Å². The molecule has 0 bridgehead atoms. The van der Waals surface area contributed by atoms with Crippen molar-refractivity contribution in [1.82, 2.24) is 5.32 Å². The van der Waals surface area contributed by atoms with Crippen molar-refractivity contribution in [2.24, 2.45) is 0 Å². The number of nitrogens with zero attached hydrogens (tertiary/aromatic N) is 1. The molecule has 0 aromatic rings. The number of aliphatic hydroxyl groups excluding tert-OH is 1. The third-order valence-electron chi connectivity index (χ3n) is 11.7. The lowest BCUT2D eigenvalue weighted by Gasteiger charge is -2.25. The number of nitrogens with one attached hydrogen (secondary N) is 1. The molecular formula is C51H102N2O6P+. The van der Waals surface area contributed by atoms with E-state index in [0.717, 1.165) is 38.5 Å². The zero-order chi connectivity index (χ0) is 44.3. The van der Waals surface area contributed by atoms with Gasteiger partial charge in [0.1, 0.15) is 13.2 Å². The second kappa shape index (κ2) is 43.2. The Bertz CT molecular complexity index is 1030. The Morgan fingerprint density at radius 3 is 1.28 bits per heavy atom. The number of carbonyl (C=O) groups is 1. The van der Waals surface area contributed by atoms with Gasteiger partial charge in [0.25, 0.3) is 0 Å². The summed E-state index contributed by atoms with van der Waals surface area (Å²) < 4.78 is 23.6. The van der Waals surface area contributed by atoms with E-state index in [2.05, 4.69) is 31.3 Å². The number of rotatable bonds is 47. The molecule has 0 aromatic carbocycles. The van der Waals surface area contributed by atoms with Gasteiger partial charge >= 0.3 is 7.82 Å². The molecule has 0 aliphatic rings. The monoisotopic (exact) mass is 870 g/mol. The summed E-state index contributed by atoms with van der Waals surface area (Å²) in [4.78, 5) is 23.2. The summed E-state index contributed by atoms with van der Waals surface area (Å²) in [5, 5.41) is 13.8. The first kappa shape index (κ1) is 59.0. The molecule has 0 saturated heterocycles. The quantitative estimate of drug-likeness (QED) is 0.0243. The second-order valence-corrected chi connectivity index (χ2v) is 20.4. The topological polar surface area (TPSA) is 105 Å². The van der Waals surface area contributed by atoms with Gasteiger partial charge < -0.3 is 19.8 Å². The van der Waals surface area contributed by atoms with Crippen molar-refractivity contribution in [2.45, 2.75) is 257 Å². The summed E-state index contributed by atoms with van der Waals surface area (Å²) in [5.74, 6) is -0.177. The molecule has 1 amide bonds. The molecule has 0 radical (unpaired) electrons. The molecule has 0 aliphatic heterocycles. The molecule has 3 atom stereocenters. The van der Waals surface area contributed by atoms with E-state index in [1.807, 2.05) is 27.2 Å². The molecule has 0 aromatic heterocycles. The largest absolute Gasteiger partial charge is 0.472 e. The normalized spacial score (nSPS) is 14.3. The highest BCUT2D eigenvalue weighted by Crippen LogP contribution is 2.43. The first-order valence-corrected chi connectivity index (χ1v) is 27.2. The lowest BCUT2D eigenvalue weighted by molar-refractivity contribution is -0.870. The molecule has 0 aliphatic carbocycles. The van der Waals surface area contributed by atoms with Crippen molar-refractivity contribution in [3.63, 3.8) is 0 Å². The van der Waals surface area contributed by atoms with Gasteiger partial charge in [-0.3, -0.25) is 13.8 Å². The van der Waals surface area contributed by atoms with E-state index in [4.69, 9.17) is 9.05 Å². The van der Waals surface area contributed by atoms with Crippen LogP contribution in [0.15, 0.2) is 24.3 Å². The second-order valence-electron chi connectivity index (χ2n) is 18.9. The Labute approximate surface area is 373 Å². The highest BCUT2D eigenvalue weighted by molar-refractivity contribution is 7.47. The van der Waals surface area contributed by atoms with E-state index < -0.39 is 20.0 Å². The molecule has 8 nitrogen and oxygen atoms in total. The van der Waals surface area contributed by atoms with Crippen molar-refractivity contribution in [3.8, 4) is 0 Å². The van der Waals surface area contributed by atoms with Crippen molar-refractivity contribution in [2.75, 3.05) is 40.9 Å². The molecule has 0 fully saturated rings. The molecule has 60 heavy (non-hydrogen) atoms. The predicted octanol–water partition coefficient (Wildman–Crippen LogP) is 14.9. The van der Waals surface area contributed by atoms with Gasteiger partial charge in [-0.2, -0.15) is 0 Å². The molecule has 0 spiro atoms. The molecule has 356 valence electrons. The predicted molar refractivity (Wildman–Crippen MR) is 258 cm³/mol. The molecule has 9 heteroatoms. The number of phosphoric ester groups is 1. The Morgan fingerprint density at radius 1 is 0.550 bits per heavy atom. The number of unbranched alkanes of at least 4 members (excludes halogenated alkanes) is 32. The molecule has 0 saturated carbocycles. The minimum atomic E-state index is -4.34. The van der Waals surface area contributed by atoms with Gasteiger partial charge in [-0.05, 0) is 44.9 Å². The van der Waals surface area contributed by atoms with Crippen LogP contribution in [0, 0.1) is 0 Å². The lowest BCUT2D eigenvalue weighted by atomic mass is 10.0. The number of amides is 1. The number of carbonyl (C=O) groups excluding carboxylic acids is 1. The van der Waals surface area contributed by atoms with Crippen LogP contribution in [0.4, 0.5) is 0 Å². The number of phosphoric acid groups is 1. The zero-order valence-electron chi connectivity index (χ0n) is 40.5. The van der Waals surface area contributed by atoms with E-state index in [0.29, 0.717) is 17.4 Å². The number of hydrogen-bond donors (Lipinski definition) is 3. The average Bonchev–Trinajstić information content (AvgIpc) is 3.20. The van der Waals surface area contributed by atoms with Crippen molar-refractivity contribution in [1.29, 1.82) is 0 Å². The van der Waals surface area contributed by atoms with Crippen LogP contribution in [0.5, 0.6) is 0 Å². The van der Waals surface area contributed by atoms with Crippen LogP contribution in [-0.2, 0) is 18.4 Å². The van der Waals surface area contributed by atoms with Crippen LogP contribution < -0.4 is 5.32 Å². The van der Waals surface area contributed by atoms with Crippen molar-refractivity contribution < 1.29 is 32.9 Å². The van der Waals surface area contributed by atoms with Crippen LogP contribution in [0.2, 0.25) is 0 Å². The van der Waals surface area contributed by atoms with E-state index in [9.17, 15) is 19.4 Å². The summed E-state index contributed by atoms with van der Waals surface area (Å²) >= 11 is 0. The van der Waals surface area contributed by atoms with Crippen molar-refractivity contribution >= 4 is 13.7 Å². The fourth-order valence-electron chi connectivity index (χ4n) is 7.57. The Morgan fingerprint density at radius 2 is 0.900 bits per heavy atom. The average molecular weight is 870 g/mol. The van der Waals surface area contributed by atoms with Gasteiger partial charge in [-0.15, -0.1) is 0 Å². The van der Waals surface area contributed by atoms with E-state index in [1.165, 1.54) is 186 Å². The number of likely N-dealkylation sites (N-methyl/N-ethyl adjacent to an activating group) is 1. The minimum Gasteiger partial charge on any atom is -0.387 e. The maximum atomic E-state index is 12.9. The third kappa shape index (κ3) is 45.0. The SMILES string of the molecule is CCCCCCCCCCCC/C=C/C(O)C(COP(=O)(O)OCC[N+](C)(C)C)NC(=O)CCCCCCCCCCCC/C=C\CCCCCCCCCCCCCC. The fourth-order valence-corrected chi connectivity index (χ4v) is 8.30. The minimum absolute atomic E-state index is 0.0625. The zero-order valence-corrected chi connectivity index (χ0v) is 41.4. The fraction of sp³-hybridized carbons (Fsp3) is 0.902. The van der Waals surface area contributed by atoms with E-state index in [1.54, 1.807) is 6.08 Å². The molecule has 3 N–H and O–H groups in total.